The normalized spacial score (nSPS) is 17.2. The second-order valence-corrected chi connectivity index (χ2v) is 7.42. The Kier molecular flexibility index (Phi) is 6.53. The highest BCUT2D eigenvalue weighted by Gasteiger charge is 2.22. The van der Waals surface area contributed by atoms with Crippen LogP contribution in [0.2, 0.25) is 5.02 Å². The Morgan fingerprint density at radius 3 is 2.85 bits per heavy atom. The third kappa shape index (κ3) is 5.48. The summed E-state index contributed by atoms with van der Waals surface area (Å²) in [5.41, 5.74) is 3.13. The summed E-state index contributed by atoms with van der Waals surface area (Å²) in [6.45, 7) is 5.88. The van der Waals surface area contributed by atoms with Crippen LogP contribution in [0.3, 0.4) is 0 Å². The first-order valence-corrected chi connectivity index (χ1v) is 9.55. The second-order valence-electron chi connectivity index (χ2n) is 6.99. The zero-order valence-corrected chi connectivity index (χ0v) is 15.9. The zero-order chi connectivity index (χ0) is 18.4. The molecule has 26 heavy (non-hydrogen) atoms. The van der Waals surface area contributed by atoms with Crippen molar-refractivity contribution in [2.75, 3.05) is 31.5 Å². The fourth-order valence-corrected chi connectivity index (χ4v) is 3.52. The number of nitrogens with zero attached hydrogens (tertiary/aromatic N) is 1. The van der Waals surface area contributed by atoms with E-state index in [4.69, 9.17) is 11.6 Å². The fraction of sp³-hybridized carbons (Fsp3) is 0.381. The van der Waals surface area contributed by atoms with Crippen LogP contribution in [0.15, 0.2) is 48.5 Å². The lowest BCUT2D eigenvalue weighted by atomic mass is 10.1. The summed E-state index contributed by atoms with van der Waals surface area (Å²) in [4.78, 5) is 14.6. The van der Waals surface area contributed by atoms with Crippen LogP contribution < -0.4 is 10.6 Å². The quantitative estimate of drug-likeness (QED) is 0.793. The van der Waals surface area contributed by atoms with E-state index in [2.05, 4.69) is 45.9 Å². The minimum absolute atomic E-state index is 0.168. The number of rotatable bonds is 6. The maximum atomic E-state index is 12.1. The number of anilines is 1. The monoisotopic (exact) mass is 371 g/mol. The maximum Gasteiger partial charge on any atom is 0.319 e. The minimum atomic E-state index is -0.168. The van der Waals surface area contributed by atoms with Gasteiger partial charge in [-0.25, -0.2) is 4.79 Å². The van der Waals surface area contributed by atoms with Crippen LogP contribution in [-0.2, 0) is 6.42 Å². The van der Waals surface area contributed by atoms with Gasteiger partial charge in [0.15, 0.2) is 0 Å². The van der Waals surface area contributed by atoms with Crippen molar-refractivity contribution >= 4 is 23.3 Å². The zero-order valence-electron chi connectivity index (χ0n) is 15.2. The average molecular weight is 372 g/mol. The molecule has 1 fully saturated rings. The predicted octanol–water partition coefficient (Wildman–Crippen LogP) is 4.33. The van der Waals surface area contributed by atoms with Crippen LogP contribution in [0.5, 0.6) is 0 Å². The third-order valence-corrected chi connectivity index (χ3v) is 5.16. The average Bonchev–Trinajstić information content (AvgIpc) is 3.10. The molecule has 0 spiro atoms. The first kappa shape index (κ1) is 18.7. The van der Waals surface area contributed by atoms with E-state index in [1.54, 1.807) is 6.07 Å². The molecule has 0 aliphatic carbocycles. The summed E-state index contributed by atoms with van der Waals surface area (Å²) in [6, 6.07) is 15.9. The number of benzene rings is 2. The highest BCUT2D eigenvalue weighted by atomic mass is 35.5. The molecule has 1 saturated heterocycles. The number of halogens is 1. The SMILES string of the molecule is Cc1ccc(Cl)cc1NC(=O)NC[C@@H]1CCN(CCc2ccccc2)C1. The minimum Gasteiger partial charge on any atom is -0.338 e. The van der Waals surface area contributed by atoms with Crippen molar-refractivity contribution < 1.29 is 4.79 Å². The number of nitrogens with one attached hydrogen (secondary N) is 2. The van der Waals surface area contributed by atoms with Gasteiger partial charge in [-0.1, -0.05) is 48.0 Å². The number of urea groups is 1. The van der Waals surface area contributed by atoms with Gasteiger partial charge in [-0.15, -0.1) is 0 Å². The molecule has 2 aromatic carbocycles. The molecule has 0 bridgehead atoms. The molecule has 2 aromatic rings. The van der Waals surface area contributed by atoms with Gasteiger partial charge in [0.25, 0.3) is 0 Å². The van der Waals surface area contributed by atoms with Gasteiger partial charge >= 0.3 is 6.03 Å². The highest BCUT2D eigenvalue weighted by molar-refractivity contribution is 6.31. The third-order valence-electron chi connectivity index (χ3n) is 4.93. The first-order chi connectivity index (χ1) is 12.6. The van der Waals surface area contributed by atoms with Gasteiger partial charge in [0.05, 0.1) is 0 Å². The molecular formula is C21H26ClN3O. The van der Waals surface area contributed by atoms with Gasteiger partial charge < -0.3 is 15.5 Å². The number of likely N-dealkylation sites (tertiary alicyclic amines) is 1. The molecular weight excluding hydrogens is 346 g/mol. The molecule has 3 rings (SSSR count). The molecule has 0 radical (unpaired) electrons. The number of amides is 2. The van der Waals surface area contributed by atoms with Crippen molar-refractivity contribution in [3.8, 4) is 0 Å². The Labute approximate surface area is 160 Å². The summed E-state index contributed by atoms with van der Waals surface area (Å²) in [5, 5.41) is 6.50. The van der Waals surface area contributed by atoms with Crippen LogP contribution in [0.25, 0.3) is 0 Å². The molecule has 0 saturated carbocycles. The van der Waals surface area contributed by atoms with Crippen molar-refractivity contribution in [3.05, 3.63) is 64.7 Å². The lowest BCUT2D eigenvalue weighted by Crippen LogP contribution is -2.34. The van der Waals surface area contributed by atoms with Gasteiger partial charge in [-0.05, 0) is 55.5 Å². The number of carbonyl (C=O) groups excluding carboxylic acids is 1. The van der Waals surface area contributed by atoms with E-state index in [1.165, 1.54) is 5.56 Å². The first-order valence-electron chi connectivity index (χ1n) is 9.17. The van der Waals surface area contributed by atoms with Crippen molar-refractivity contribution in [2.24, 2.45) is 5.92 Å². The van der Waals surface area contributed by atoms with Crippen molar-refractivity contribution in [3.63, 3.8) is 0 Å². The van der Waals surface area contributed by atoms with Gasteiger partial charge in [0.1, 0.15) is 0 Å². The Morgan fingerprint density at radius 2 is 2.04 bits per heavy atom. The maximum absolute atomic E-state index is 12.1. The molecule has 5 heteroatoms. The van der Waals surface area contributed by atoms with Crippen molar-refractivity contribution in [2.45, 2.75) is 19.8 Å². The second kappa shape index (κ2) is 9.06. The molecule has 138 valence electrons. The van der Waals surface area contributed by atoms with Gasteiger partial charge in [0.2, 0.25) is 0 Å². The lowest BCUT2D eigenvalue weighted by Gasteiger charge is -2.16. The van der Waals surface area contributed by atoms with E-state index >= 15 is 0 Å². The van der Waals surface area contributed by atoms with E-state index in [0.717, 1.165) is 43.7 Å². The van der Waals surface area contributed by atoms with Crippen LogP contribution >= 0.6 is 11.6 Å². The number of hydrogen-bond acceptors (Lipinski definition) is 2. The molecule has 1 atom stereocenters. The highest BCUT2D eigenvalue weighted by Crippen LogP contribution is 2.20. The Bertz CT molecular complexity index is 735. The summed E-state index contributed by atoms with van der Waals surface area (Å²) in [7, 11) is 0. The van der Waals surface area contributed by atoms with Crippen LogP contribution in [0.4, 0.5) is 10.5 Å². The molecule has 4 nitrogen and oxygen atoms in total. The van der Waals surface area contributed by atoms with E-state index in [1.807, 2.05) is 19.1 Å². The van der Waals surface area contributed by atoms with Gasteiger partial charge in [-0.3, -0.25) is 0 Å². The van der Waals surface area contributed by atoms with Crippen molar-refractivity contribution in [1.29, 1.82) is 0 Å². The summed E-state index contributed by atoms with van der Waals surface area (Å²) >= 11 is 5.99. The molecule has 2 N–H and O–H groups in total. The predicted molar refractivity (Wildman–Crippen MR) is 108 cm³/mol. The van der Waals surface area contributed by atoms with E-state index in [0.29, 0.717) is 17.5 Å². The van der Waals surface area contributed by atoms with E-state index in [9.17, 15) is 4.79 Å². The molecule has 1 aliphatic rings. The molecule has 1 aliphatic heterocycles. The fourth-order valence-electron chi connectivity index (χ4n) is 3.35. The number of carbonyl (C=O) groups is 1. The van der Waals surface area contributed by atoms with E-state index in [-0.39, 0.29) is 6.03 Å². The van der Waals surface area contributed by atoms with E-state index < -0.39 is 0 Å². The molecule has 0 unspecified atom stereocenters. The summed E-state index contributed by atoms with van der Waals surface area (Å²) < 4.78 is 0. The molecule has 0 aromatic heterocycles. The Balaban J connectivity index is 1.38. The van der Waals surface area contributed by atoms with Crippen molar-refractivity contribution in [1.82, 2.24) is 10.2 Å². The topological polar surface area (TPSA) is 44.4 Å². The smallest absolute Gasteiger partial charge is 0.319 e. The van der Waals surface area contributed by atoms with Gasteiger partial charge in [-0.2, -0.15) is 0 Å². The number of aryl methyl sites for hydroxylation is 1. The Morgan fingerprint density at radius 1 is 1.23 bits per heavy atom. The summed E-state index contributed by atoms with van der Waals surface area (Å²) in [5.74, 6) is 0.511. The van der Waals surface area contributed by atoms with Crippen LogP contribution in [0, 0.1) is 12.8 Å². The van der Waals surface area contributed by atoms with Crippen LogP contribution in [-0.4, -0.2) is 37.1 Å². The largest absolute Gasteiger partial charge is 0.338 e. The lowest BCUT2D eigenvalue weighted by molar-refractivity contribution is 0.249. The number of hydrogen-bond donors (Lipinski definition) is 2. The standard InChI is InChI=1S/C21H26ClN3O/c1-16-7-8-19(22)13-20(16)24-21(26)23-14-18-10-12-25(15-18)11-9-17-5-3-2-4-6-17/h2-8,13,18H,9-12,14-15H2,1H3,(H2,23,24,26)/t18-/m0/s1. The summed E-state index contributed by atoms with van der Waals surface area (Å²) in [6.07, 6.45) is 2.21. The molecule has 1 heterocycles. The van der Waals surface area contributed by atoms with Crippen LogP contribution in [0.1, 0.15) is 17.5 Å². The molecule has 2 amide bonds. The van der Waals surface area contributed by atoms with Gasteiger partial charge in [0, 0.05) is 30.3 Å². The Hall–Kier alpha value is -2.04.